The average molecular weight is 776 g/mol. The van der Waals surface area contributed by atoms with E-state index in [0.717, 1.165) is 17.1 Å². The Bertz CT molecular complexity index is 3200. The van der Waals surface area contributed by atoms with Crippen molar-refractivity contribution in [1.29, 1.82) is 0 Å². The van der Waals surface area contributed by atoms with Crippen molar-refractivity contribution in [3.8, 4) is 55.6 Å². The Morgan fingerprint density at radius 2 is 0.508 bits per heavy atom. The summed E-state index contributed by atoms with van der Waals surface area (Å²) in [5, 5.41) is 7.48. The molecule has 11 aromatic carbocycles. The van der Waals surface area contributed by atoms with E-state index >= 15 is 0 Å². The smallest absolute Gasteiger partial charge is 0.0462 e. The van der Waals surface area contributed by atoms with Gasteiger partial charge in [0.05, 0.1) is 0 Å². The molecule has 0 radical (unpaired) electrons. The fraction of sp³-hybridized carbons (Fsp3) is 0. The Kier molecular flexibility index (Phi) is 9.26. The maximum atomic E-state index is 2.36. The second-order valence-electron chi connectivity index (χ2n) is 15.8. The number of hydrogen-bond acceptors (Lipinski definition) is 1. The summed E-state index contributed by atoms with van der Waals surface area (Å²) in [5.74, 6) is 0. The second-order valence-corrected chi connectivity index (χ2v) is 15.8. The predicted molar refractivity (Wildman–Crippen MR) is 261 cm³/mol. The lowest BCUT2D eigenvalue weighted by Gasteiger charge is -2.26. The Morgan fingerprint density at radius 3 is 0.967 bits per heavy atom. The minimum absolute atomic E-state index is 1.10. The molecule has 0 amide bonds. The molecule has 61 heavy (non-hydrogen) atoms. The monoisotopic (exact) mass is 775 g/mol. The molecule has 0 heterocycles. The molecule has 286 valence electrons. The topological polar surface area (TPSA) is 3.24 Å². The summed E-state index contributed by atoms with van der Waals surface area (Å²) < 4.78 is 0. The third-order valence-corrected chi connectivity index (χ3v) is 12.0. The van der Waals surface area contributed by atoms with E-state index in [-0.39, 0.29) is 0 Å². The van der Waals surface area contributed by atoms with Crippen molar-refractivity contribution in [3.05, 3.63) is 249 Å². The van der Waals surface area contributed by atoms with Crippen LogP contribution in [0.15, 0.2) is 249 Å². The van der Waals surface area contributed by atoms with Gasteiger partial charge in [-0.2, -0.15) is 0 Å². The van der Waals surface area contributed by atoms with Gasteiger partial charge in [0.1, 0.15) is 0 Å². The van der Waals surface area contributed by atoms with Crippen LogP contribution in [0.1, 0.15) is 0 Å². The second kappa shape index (κ2) is 15.6. The highest BCUT2D eigenvalue weighted by molar-refractivity contribution is 5.97. The largest absolute Gasteiger partial charge is 0.311 e. The summed E-state index contributed by atoms with van der Waals surface area (Å²) in [6.07, 6.45) is 0. The van der Waals surface area contributed by atoms with E-state index in [0.29, 0.717) is 0 Å². The predicted octanol–water partition coefficient (Wildman–Crippen LogP) is 17.0. The molecule has 0 aliphatic heterocycles. The van der Waals surface area contributed by atoms with Crippen molar-refractivity contribution in [2.45, 2.75) is 0 Å². The lowest BCUT2D eigenvalue weighted by molar-refractivity contribution is 1.28. The summed E-state index contributed by atoms with van der Waals surface area (Å²) in [6.45, 7) is 0. The van der Waals surface area contributed by atoms with Crippen LogP contribution in [0.3, 0.4) is 0 Å². The van der Waals surface area contributed by atoms with E-state index in [4.69, 9.17) is 0 Å². The molecule has 1 heteroatoms. The van der Waals surface area contributed by atoms with Crippen LogP contribution in [0.2, 0.25) is 0 Å². The Morgan fingerprint density at radius 1 is 0.180 bits per heavy atom. The molecule has 0 bridgehead atoms. The van der Waals surface area contributed by atoms with Crippen LogP contribution < -0.4 is 4.90 Å². The molecule has 1 nitrogen and oxygen atoms in total. The van der Waals surface area contributed by atoms with Gasteiger partial charge in [-0.3, -0.25) is 0 Å². The first kappa shape index (κ1) is 36.1. The number of nitrogens with zero attached hydrogens (tertiary/aromatic N) is 1. The fourth-order valence-electron chi connectivity index (χ4n) is 8.80. The summed E-state index contributed by atoms with van der Waals surface area (Å²) >= 11 is 0. The van der Waals surface area contributed by atoms with Crippen molar-refractivity contribution in [3.63, 3.8) is 0 Å². The van der Waals surface area contributed by atoms with Crippen LogP contribution in [0.25, 0.3) is 88.0 Å². The molecule has 0 N–H and O–H groups in total. The van der Waals surface area contributed by atoms with Crippen molar-refractivity contribution in [1.82, 2.24) is 0 Å². The Hall–Kier alpha value is -8.00. The average Bonchev–Trinajstić information content (AvgIpc) is 3.34. The molecule has 0 aromatic heterocycles. The van der Waals surface area contributed by atoms with Crippen LogP contribution in [0.5, 0.6) is 0 Å². The van der Waals surface area contributed by atoms with Crippen LogP contribution in [-0.4, -0.2) is 0 Å². The molecule has 0 saturated carbocycles. The molecule has 0 atom stereocenters. The quantitative estimate of drug-likeness (QED) is 0.149. The first-order chi connectivity index (χ1) is 30.2. The molecule has 0 aliphatic carbocycles. The first-order valence-corrected chi connectivity index (χ1v) is 21.0. The Balaban J connectivity index is 0.957. The molecule has 0 spiro atoms. The van der Waals surface area contributed by atoms with Crippen molar-refractivity contribution in [2.75, 3.05) is 4.90 Å². The van der Waals surface area contributed by atoms with E-state index in [1.54, 1.807) is 0 Å². The number of anilines is 3. The SMILES string of the molecule is c1ccc(-c2cc3ccccc3cc2-c2cccc(-c3ccc(N(c4ccc(-c5ccc6ccccc6c5)cc4)c4ccc(-c5ccc6ccccc6c5)cc4)cc3)c2)cc1. The summed E-state index contributed by atoms with van der Waals surface area (Å²) in [6, 6.07) is 90.5. The highest BCUT2D eigenvalue weighted by Crippen LogP contribution is 2.40. The standard InChI is InChI=1S/C60H41N/c1-2-13-47(14-3-1)59-40-51-17-8-9-18-52(51)41-60(59)55-20-10-19-50(39-55)44-25-31-56(32-26-44)61(57-33-27-45(28-34-57)53-23-21-42-11-4-6-15-48(42)37-53)58-35-29-46(30-36-58)54-24-22-43-12-5-7-16-49(43)38-54/h1-41H. The maximum absolute atomic E-state index is 2.36. The van der Waals surface area contributed by atoms with E-state index in [9.17, 15) is 0 Å². The maximum Gasteiger partial charge on any atom is 0.0462 e. The zero-order valence-corrected chi connectivity index (χ0v) is 33.6. The van der Waals surface area contributed by atoms with Crippen molar-refractivity contribution >= 4 is 49.4 Å². The van der Waals surface area contributed by atoms with Gasteiger partial charge in [-0.25, -0.2) is 0 Å². The lowest BCUT2D eigenvalue weighted by Crippen LogP contribution is -2.09. The number of fused-ring (bicyclic) bond motifs is 3. The third-order valence-electron chi connectivity index (χ3n) is 12.0. The molecule has 11 rings (SSSR count). The van der Waals surface area contributed by atoms with E-state index in [1.807, 2.05) is 0 Å². The van der Waals surface area contributed by atoms with Crippen LogP contribution in [0, 0.1) is 0 Å². The summed E-state index contributed by atoms with van der Waals surface area (Å²) in [4.78, 5) is 2.36. The first-order valence-electron chi connectivity index (χ1n) is 21.0. The van der Waals surface area contributed by atoms with Crippen LogP contribution >= 0.6 is 0 Å². The highest BCUT2D eigenvalue weighted by atomic mass is 15.1. The summed E-state index contributed by atoms with van der Waals surface area (Å²) in [7, 11) is 0. The van der Waals surface area contributed by atoms with Gasteiger partial charge in [-0.1, -0.05) is 182 Å². The highest BCUT2D eigenvalue weighted by Gasteiger charge is 2.15. The summed E-state index contributed by atoms with van der Waals surface area (Å²) in [5.41, 5.74) is 15.3. The lowest BCUT2D eigenvalue weighted by atomic mass is 9.90. The molecular formula is C60H41N. The minimum atomic E-state index is 1.10. The Labute approximate surface area is 357 Å². The number of benzene rings is 11. The van der Waals surface area contributed by atoms with Gasteiger partial charge in [0.15, 0.2) is 0 Å². The van der Waals surface area contributed by atoms with Gasteiger partial charge >= 0.3 is 0 Å². The fourth-order valence-corrected chi connectivity index (χ4v) is 8.80. The zero-order valence-electron chi connectivity index (χ0n) is 33.6. The van der Waals surface area contributed by atoms with Crippen molar-refractivity contribution < 1.29 is 0 Å². The molecule has 0 fully saturated rings. The third kappa shape index (κ3) is 7.13. The van der Waals surface area contributed by atoms with Gasteiger partial charge in [-0.15, -0.1) is 0 Å². The molecule has 0 saturated heterocycles. The van der Waals surface area contributed by atoms with E-state index in [1.165, 1.54) is 88.0 Å². The van der Waals surface area contributed by atoms with Gasteiger partial charge in [-0.05, 0) is 155 Å². The van der Waals surface area contributed by atoms with Crippen LogP contribution in [0.4, 0.5) is 17.1 Å². The molecular weight excluding hydrogens is 735 g/mol. The van der Waals surface area contributed by atoms with Gasteiger partial charge in [0.25, 0.3) is 0 Å². The minimum Gasteiger partial charge on any atom is -0.311 e. The number of rotatable bonds is 8. The number of hydrogen-bond donors (Lipinski definition) is 0. The molecule has 11 aromatic rings. The van der Waals surface area contributed by atoms with Crippen LogP contribution in [-0.2, 0) is 0 Å². The zero-order chi connectivity index (χ0) is 40.5. The molecule has 0 unspecified atom stereocenters. The normalized spacial score (nSPS) is 11.3. The molecule has 0 aliphatic rings. The van der Waals surface area contributed by atoms with Crippen molar-refractivity contribution in [2.24, 2.45) is 0 Å². The van der Waals surface area contributed by atoms with Gasteiger partial charge < -0.3 is 4.90 Å². The van der Waals surface area contributed by atoms with Gasteiger partial charge in [0.2, 0.25) is 0 Å². The van der Waals surface area contributed by atoms with E-state index < -0.39 is 0 Å². The van der Waals surface area contributed by atoms with Gasteiger partial charge in [0, 0.05) is 17.1 Å². The van der Waals surface area contributed by atoms with E-state index in [2.05, 4.69) is 254 Å².